The number of phenolic OH excluding ortho intramolecular Hbond substituents is 1. The number of hydrogen-bond acceptors (Lipinski definition) is 5. The summed E-state index contributed by atoms with van der Waals surface area (Å²) in [5.74, 6) is 2.38. The van der Waals surface area contributed by atoms with Gasteiger partial charge in [-0.1, -0.05) is 12.1 Å². The molecule has 0 radical (unpaired) electrons. The van der Waals surface area contributed by atoms with Crippen molar-refractivity contribution in [2.75, 3.05) is 34.5 Å². The van der Waals surface area contributed by atoms with Gasteiger partial charge in [-0.2, -0.15) is 0 Å². The van der Waals surface area contributed by atoms with Crippen LogP contribution in [0.3, 0.4) is 0 Å². The lowest BCUT2D eigenvalue weighted by molar-refractivity contribution is 0.171. The molecule has 0 saturated carbocycles. The third kappa shape index (κ3) is 8.27. The molecule has 2 aromatic carbocycles. The van der Waals surface area contributed by atoms with Gasteiger partial charge < -0.3 is 30.0 Å². The molecule has 0 amide bonds. The van der Waals surface area contributed by atoms with Crippen molar-refractivity contribution >= 4 is 29.9 Å². The van der Waals surface area contributed by atoms with Crippen molar-refractivity contribution in [1.82, 2.24) is 10.6 Å². The molecule has 0 heterocycles. The molecule has 0 atom stereocenters. The highest BCUT2D eigenvalue weighted by atomic mass is 127. The number of ether oxygens (including phenoxy) is 3. The maximum Gasteiger partial charge on any atom is 0.191 e. The van der Waals surface area contributed by atoms with Crippen molar-refractivity contribution in [3.63, 3.8) is 0 Å². The Hall–Kier alpha value is -2.20. The van der Waals surface area contributed by atoms with Crippen LogP contribution < -0.4 is 20.1 Å². The third-order valence-electron chi connectivity index (χ3n) is 4.38. The highest BCUT2D eigenvalue weighted by Crippen LogP contribution is 2.23. The minimum atomic E-state index is 0. The molecule has 0 aliphatic rings. The lowest BCUT2D eigenvalue weighted by Gasteiger charge is -2.16. The van der Waals surface area contributed by atoms with Gasteiger partial charge in [-0.15, -0.1) is 24.0 Å². The van der Waals surface area contributed by atoms with Gasteiger partial charge in [-0.3, -0.25) is 4.99 Å². The van der Waals surface area contributed by atoms with Crippen LogP contribution in [0.2, 0.25) is 0 Å². The minimum absolute atomic E-state index is 0. The Labute approximate surface area is 195 Å². The molecule has 2 aromatic rings. The first-order valence-electron chi connectivity index (χ1n) is 9.59. The van der Waals surface area contributed by atoms with Crippen LogP contribution in [-0.4, -0.2) is 45.5 Å². The number of methoxy groups -OCH3 is 2. The zero-order chi connectivity index (χ0) is 21.1. The summed E-state index contributed by atoms with van der Waals surface area (Å²) < 4.78 is 16.2. The van der Waals surface area contributed by atoms with E-state index in [0.717, 1.165) is 28.9 Å². The number of hydrogen-bond donors (Lipinski definition) is 3. The standard InChI is InChI=1S/C22H31N3O4.HI/c1-16-6-7-17(21(12-16)29-11-5-10-27-3)14-24-22(23-2)25-15-18-13-19(28-4)8-9-20(18)26;/h6-9,12-13,26H,5,10-11,14-15H2,1-4H3,(H2,23,24,25);1H. The van der Waals surface area contributed by atoms with E-state index in [-0.39, 0.29) is 29.7 Å². The number of phenols is 1. The van der Waals surface area contributed by atoms with Gasteiger partial charge in [-0.25, -0.2) is 0 Å². The topological polar surface area (TPSA) is 84.3 Å². The number of nitrogens with zero attached hydrogens (tertiary/aromatic N) is 1. The SMILES string of the molecule is CN=C(NCc1cc(OC)ccc1O)NCc1ccc(C)cc1OCCCOC.I. The molecule has 2 rings (SSSR count). The lowest BCUT2D eigenvalue weighted by atomic mass is 10.1. The maximum atomic E-state index is 10.0. The van der Waals surface area contributed by atoms with Crippen molar-refractivity contribution in [1.29, 1.82) is 0 Å². The Morgan fingerprint density at radius 1 is 1.00 bits per heavy atom. The van der Waals surface area contributed by atoms with Crippen molar-refractivity contribution in [2.45, 2.75) is 26.4 Å². The summed E-state index contributed by atoms with van der Waals surface area (Å²) in [6.07, 6.45) is 0.838. The quantitative estimate of drug-likeness (QED) is 0.189. The first kappa shape index (κ1) is 25.8. The van der Waals surface area contributed by atoms with Crippen LogP contribution in [0.25, 0.3) is 0 Å². The number of rotatable bonds is 10. The van der Waals surface area contributed by atoms with E-state index in [1.165, 1.54) is 0 Å². The average Bonchev–Trinajstić information content (AvgIpc) is 2.73. The second-order valence-electron chi connectivity index (χ2n) is 6.58. The number of aliphatic imine (C=N–C) groups is 1. The fraction of sp³-hybridized carbons (Fsp3) is 0.409. The molecule has 0 aliphatic heterocycles. The number of nitrogens with one attached hydrogen (secondary N) is 2. The monoisotopic (exact) mass is 529 g/mol. The van der Waals surface area contributed by atoms with Gasteiger partial charge in [0.05, 0.1) is 13.7 Å². The number of aryl methyl sites for hydroxylation is 1. The Kier molecular flexibility index (Phi) is 12.0. The molecule has 7 nitrogen and oxygen atoms in total. The summed E-state index contributed by atoms with van der Waals surface area (Å²) >= 11 is 0. The summed E-state index contributed by atoms with van der Waals surface area (Å²) in [4.78, 5) is 4.25. The van der Waals surface area contributed by atoms with Crippen molar-refractivity contribution in [3.05, 3.63) is 53.1 Å². The maximum absolute atomic E-state index is 10.0. The highest BCUT2D eigenvalue weighted by Gasteiger charge is 2.08. The first-order chi connectivity index (χ1) is 14.1. The molecule has 30 heavy (non-hydrogen) atoms. The predicted molar refractivity (Wildman–Crippen MR) is 130 cm³/mol. The lowest BCUT2D eigenvalue weighted by Crippen LogP contribution is -2.36. The van der Waals surface area contributed by atoms with Crippen LogP contribution in [0.4, 0.5) is 0 Å². The van der Waals surface area contributed by atoms with Crippen LogP contribution in [-0.2, 0) is 17.8 Å². The van der Waals surface area contributed by atoms with Crippen LogP contribution in [0.1, 0.15) is 23.1 Å². The fourth-order valence-corrected chi connectivity index (χ4v) is 2.74. The Morgan fingerprint density at radius 3 is 2.40 bits per heavy atom. The molecule has 0 aromatic heterocycles. The molecule has 0 bridgehead atoms. The van der Waals surface area contributed by atoms with Gasteiger partial charge in [0.15, 0.2) is 5.96 Å². The Balaban J connectivity index is 0.00000450. The van der Waals surface area contributed by atoms with Crippen molar-refractivity contribution < 1.29 is 19.3 Å². The van der Waals surface area contributed by atoms with E-state index in [4.69, 9.17) is 14.2 Å². The minimum Gasteiger partial charge on any atom is -0.508 e. The molecule has 0 unspecified atom stereocenters. The smallest absolute Gasteiger partial charge is 0.191 e. The predicted octanol–water partition coefficient (Wildman–Crippen LogP) is 3.61. The summed E-state index contributed by atoms with van der Waals surface area (Å²) in [6.45, 7) is 4.29. The molecular weight excluding hydrogens is 497 g/mol. The normalized spacial score (nSPS) is 10.9. The molecule has 0 spiro atoms. The Morgan fingerprint density at radius 2 is 1.73 bits per heavy atom. The van der Waals surface area contributed by atoms with E-state index in [9.17, 15) is 5.11 Å². The van der Waals surface area contributed by atoms with Gasteiger partial charge in [0.1, 0.15) is 17.2 Å². The van der Waals surface area contributed by atoms with Gasteiger partial charge in [-0.05, 0) is 36.8 Å². The second-order valence-corrected chi connectivity index (χ2v) is 6.58. The first-order valence-corrected chi connectivity index (χ1v) is 9.59. The second kappa shape index (κ2) is 13.9. The molecule has 0 aliphatic carbocycles. The number of aromatic hydroxyl groups is 1. The van der Waals surface area contributed by atoms with Gasteiger partial charge in [0.25, 0.3) is 0 Å². The fourth-order valence-electron chi connectivity index (χ4n) is 2.74. The molecule has 8 heteroatoms. The average molecular weight is 529 g/mol. The Bertz CT molecular complexity index is 815. The highest BCUT2D eigenvalue weighted by molar-refractivity contribution is 14.0. The molecule has 166 valence electrons. The largest absolute Gasteiger partial charge is 0.508 e. The van der Waals surface area contributed by atoms with E-state index in [2.05, 4.69) is 27.8 Å². The zero-order valence-electron chi connectivity index (χ0n) is 18.0. The van der Waals surface area contributed by atoms with Crippen molar-refractivity contribution in [3.8, 4) is 17.2 Å². The summed E-state index contributed by atoms with van der Waals surface area (Å²) in [5.41, 5.74) is 2.91. The number of halogens is 1. The zero-order valence-corrected chi connectivity index (χ0v) is 20.4. The molecule has 0 saturated heterocycles. The molecule has 0 fully saturated rings. The summed E-state index contributed by atoms with van der Waals surface area (Å²) in [6, 6.07) is 11.3. The van der Waals surface area contributed by atoms with Crippen molar-refractivity contribution in [2.24, 2.45) is 4.99 Å². The molecule has 3 N–H and O–H groups in total. The third-order valence-corrected chi connectivity index (χ3v) is 4.38. The van der Waals surface area contributed by atoms with Gasteiger partial charge in [0, 0.05) is 51.4 Å². The van der Waals surface area contributed by atoms with E-state index in [0.29, 0.717) is 38.0 Å². The summed E-state index contributed by atoms with van der Waals surface area (Å²) in [5, 5.41) is 16.5. The van der Waals surface area contributed by atoms with E-state index in [1.807, 2.05) is 13.0 Å². The number of benzene rings is 2. The van der Waals surface area contributed by atoms with E-state index < -0.39 is 0 Å². The van der Waals surface area contributed by atoms with Crippen LogP contribution >= 0.6 is 24.0 Å². The van der Waals surface area contributed by atoms with E-state index in [1.54, 1.807) is 39.5 Å². The molecular formula is C22H32IN3O4. The van der Waals surface area contributed by atoms with Crippen LogP contribution in [0.5, 0.6) is 17.2 Å². The van der Waals surface area contributed by atoms with Gasteiger partial charge >= 0.3 is 0 Å². The van der Waals surface area contributed by atoms with Crippen LogP contribution in [0.15, 0.2) is 41.4 Å². The van der Waals surface area contributed by atoms with Crippen LogP contribution in [0, 0.1) is 6.92 Å². The summed E-state index contributed by atoms with van der Waals surface area (Å²) in [7, 11) is 4.99. The number of guanidine groups is 1. The van der Waals surface area contributed by atoms with Gasteiger partial charge in [0.2, 0.25) is 0 Å². The van der Waals surface area contributed by atoms with E-state index >= 15 is 0 Å².